The van der Waals surface area contributed by atoms with Crippen molar-refractivity contribution in [2.75, 3.05) is 0 Å². The number of hydrogen-bond donors (Lipinski definition) is 2. The van der Waals surface area contributed by atoms with Gasteiger partial charge in [0.1, 0.15) is 0 Å². The van der Waals surface area contributed by atoms with E-state index in [0.717, 1.165) is 12.1 Å². The third-order valence-corrected chi connectivity index (χ3v) is 3.32. The Balaban J connectivity index is 1.82. The van der Waals surface area contributed by atoms with Crippen molar-refractivity contribution < 1.29 is 0 Å². The quantitative estimate of drug-likeness (QED) is 0.706. The van der Waals surface area contributed by atoms with Crippen molar-refractivity contribution in [1.29, 1.82) is 0 Å². The number of H-pyrrole nitrogens is 1. The van der Waals surface area contributed by atoms with Crippen LogP contribution in [-0.2, 0) is 0 Å². The van der Waals surface area contributed by atoms with Gasteiger partial charge >= 0.3 is 0 Å². The summed E-state index contributed by atoms with van der Waals surface area (Å²) in [6.07, 6.45) is 11.3. The highest BCUT2D eigenvalue weighted by molar-refractivity contribution is 5.64. The molecule has 2 N–H and O–H groups in total. The summed E-state index contributed by atoms with van der Waals surface area (Å²) in [5.41, 5.74) is 2.74. The molecule has 3 aliphatic rings. The second kappa shape index (κ2) is 3.24. The highest BCUT2D eigenvalue weighted by Gasteiger charge is 2.28. The molecule has 74 valence electrons. The molecule has 1 aliphatic carbocycles. The minimum absolute atomic E-state index is 0.738. The first-order valence-corrected chi connectivity index (χ1v) is 5.36. The predicted molar refractivity (Wildman–Crippen MR) is 55.7 cm³/mol. The van der Waals surface area contributed by atoms with Crippen LogP contribution in [-0.4, -0.2) is 22.3 Å². The Morgan fingerprint density at radius 2 is 2.29 bits per heavy atom. The molecule has 1 saturated heterocycles. The van der Waals surface area contributed by atoms with Gasteiger partial charge in [-0.1, -0.05) is 6.08 Å². The maximum atomic E-state index is 4.00. The molecule has 3 heteroatoms. The van der Waals surface area contributed by atoms with Crippen LogP contribution in [0.25, 0.3) is 5.57 Å². The lowest BCUT2D eigenvalue weighted by Gasteiger charge is -2.39. The standard InChI is InChI=1S/C11H15N3/c1-3-10-5-11(14-10)4-2-8(1)9-6-12-13-7-9/h1,6-7,10-11,14H,2-5H2,(H,12,13). The van der Waals surface area contributed by atoms with Gasteiger partial charge in [0.05, 0.1) is 6.20 Å². The zero-order valence-corrected chi connectivity index (χ0v) is 8.16. The molecule has 2 bridgehead atoms. The third kappa shape index (κ3) is 1.38. The number of aromatic amines is 1. The third-order valence-electron chi connectivity index (χ3n) is 3.32. The van der Waals surface area contributed by atoms with Gasteiger partial charge in [0.25, 0.3) is 0 Å². The molecule has 1 fully saturated rings. The number of rotatable bonds is 1. The summed E-state index contributed by atoms with van der Waals surface area (Å²) in [4.78, 5) is 0. The van der Waals surface area contributed by atoms with Crippen LogP contribution in [0.4, 0.5) is 0 Å². The highest BCUT2D eigenvalue weighted by atomic mass is 15.1. The van der Waals surface area contributed by atoms with E-state index < -0.39 is 0 Å². The summed E-state index contributed by atoms with van der Waals surface area (Å²) in [6, 6.07) is 1.51. The van der Waals surface area contributed by atoms with E-state index in [-0.39, 0.29) is 0 Å². The molecule has 2 atom stereocenters. The first kappa shape index (κ1) is 8.24. The number of allylic oxidation sites excluding steroid dienone is 1. The van der Waals surface area contributed by atoms with Gasteiger partial charge < -0.3 is 5.32 Å². The molecule has 3 heterocycles. The van der Waals surface area contributed by atoms with Crippen LogP contribution in [0.2, 0.25) is 0 Å². The maximum Gasteiger partial charge on any atom is 0.0562 e. The molecule has 2 aliphatic heterocycles. The van der Waals surface area contributed by atoms with Crippen LogP contribution in [0.3, 0.4) is 0 Å². The largest absolute Gasteiger partial charge is 0.311 e. The summed E-state index contributed by atoms with van der Waals surface area (Å²) in [5, 5.41) is 10.5. The topological polar surface area (TPSA) is 40.7 Å². The molecular formula is C11H15N3. The zero-order chi connectivity index (χ0) is 9.38. The second-order valence-electron chi connectivity index (χ2n) is 4.29. The number of fused-ring (bicyclic) bond motifs is 3. The van der Waals surface area contributed by atoms with Gasteiger partial charge in [0, 0.05) is 23.8 Å². The molecule has 0 saturated carbocycles. The van der Waals surface area contributed by atoms with Crippen LogP contribution < -0.4 is 5.32 Å². The van der Waals surface area contributed by atoms with Gasteiger partial charge in [-0.05, 0) is 31.3 Å². The summed E-state index contributed by atoms with van der Waals surface area (Å²) in [7, 11) is 0. The molecule has 14 heavy (non-hydrogen) atoms. The molecule has 1 aromatic heterocycles. The van der Waals surface area contributed by atoms with E-state index in [1.807, 2.05) is 12.4 Å². The van der Waals surface area contributed by atoms with Gasteiger partial charge in [-0.15, -0.1) is 0 Å². The number of aromatic nitrogens is 2. The fourth-order valence-electron chi connectivity index (χ4n) is 2.42. The Morgan fingerprint density at radius 3 is 3.07 bits per heavy atom. The highest BCUT2D eigenvalue weighted by Crippen LogP contribution is 2.29. The van der Waals surface area contributed by atoms with E-state index >= 15 is 0 Å². The summed E-state index contributed by atoms with van der Waals surface area (Å²) in [5.74, 6) is 0. The minimum Gasteiger partial charge on any atom is -0.311 e. The number of nitrogens with one attached hydrogen (secondary N) is 2. The number of hydrogen-bond acceptors (Lipinski definition) is 2. The lowest BCUT2D eigenvalue weighted by atomic mass is 9.85. The number of nitrogens with zero attached hydrogens (tertiary/aromatic N) is 1. The lowest BCUT2D eigenvalue weighted by molar-refractivity contribution is 0.251. The average molecular weight is 189 g/mol. The molecule has 3 nitrogen and oxygen atoms in total. The maximum absolute atomic E-state index is 4.00. The first-order chi connectivity index (χ1) is 6.92. The van der Waals surface area contributed by atoms with E-state index in [0.29, 0.717) is 0 Å². The van der Waals surface area contributed by atoms with Crippen LogP contribution >= 0.6 is 0 Å². The van der Waals surface area contributed by atoms with Crippen molar-refractivity contribution in [2.45, 2.75) is 37.8 Å². The monoisotopic (exact) mass is 189 g/mol. The van der Waals surface area contributed by atoms with E-state index in [1.54, 1.807) is 0 Å². The van der Waals surface area contributed by atoms with Crippen LogP contribution in [0, 0.1) is 0 Å². The van der Waals surface area contributed by atoms with Crippen molar-refractivity contribution in [3.63, 3.8) is 0 Å². The summed E-state index contributed by atoms with van der Waals surface area (Å²) >= 11 is 0. The Kier molecular flexibility index (Phi) is 1.91. The van der Waals surface area contributed by atoms with E-state index in [2.05, 4.69) is 21.6 Å². The van der Waals surface area contributed by atoms with Crippen LogP contribution in [0.5, 0.6) is 0 Å². The molecular weight excluding hydrogens is 174 g/mol. The molecule has 2 unspecified atom stereocenters. The Morgan fingerprint density at radius 1 is 1.36 bits per heavy atom. The Hall–Kier alpha value is -1.09. The van der Waals surface area contributed by atoms with E-state index in [1.165, 1.54) is 36.8 Å². The average Bonchev–Trinajstić information content (AvgIpc) is 2.51. The summed E-state index contributed by atoms with van der Waals surface area (Å²) < 4.78 is 0. The molecule has 0 spiro atoms. The Bertz CT molecular complexity index is 333. The van der Waals surface area contributed by atoms with Gasteiger partial charge in [0.15, 0.2) is 0 Å². The Labute approximate surface area is 83.6 Å². The van der Waals surface area contributed by atoms with Gasteiger partial charge in [-0.3, -0.25) is 5.10 Å². The van der Waals surface area contributed by atoms with Gasteiger partial charge in [-0.25, -0.2) is 0 Å². The van der Waals surface area contributed by atoms with E-state index in [9.17, 15) is 0 Å². The fraction of sp³-hybridized carbons (Fsp3) is 0.545. The van der Waals surface area contributed by atoms with Crippen LogP contribution in [0.15, 0.2) is 18.5 Å². The van der Waals surface area contributed by atoms with Gasteiger partial charge in [0.2, 0.25) is 0 Å². The molecule has 0 radical (unpaired) electrons. The van der Waals surface area contributed by atoms with Crippen molar-refractivity contribution in [3.8, 4) is 0 Å². The first-order valence-electron chi connectivity index (χ1n) is 5.36. The molecule has 0 aromatic carbocycles. The van der Waals surface area contributed by atoms with Crippen molar-refractivity contribution in [1.82, 2.24) is 15.5 Å². The van der Waals surface area contributed by atoms with Crippen molar-refractivity contribution in [2.24, 2.45) is 0 Å². The van der Waals surface area contributed by atoms with Crippen molar-refractivity contribution in [3.05, 3.63) is 24.0 Å². The van der Waals surface area contributed by atoms with Crippen molar-refractivity contribution >= 4 is 5.57 Å². The molecule has 0 amide bonds. The zero-order valence-electron chi connectivity index (χ0n) is 8.16. The minimum atomic E-state index is 0.738. The SMILES string of the molecule is C1=C(c2cn[nH]c2)CCC2CC(C1)N2. The van der Waals surface area contributed by atoms with Gasteiger partial charge in [-0.2, -0.15) is 5.10 Å². The predicted octanol–water partition coefficient (Wildman–Crippen LogP) is 1.71. The summed E-state index contributed by atoms with van der Waals surface area (Å²) in [6.45, 7) is 0. The molecule has 1 aromatic rings. The lowest BCUT2D eigenvalue weighted by Crippen LogP contribution is -2.52. The normalized spacial score (nSPS) is 31.3. The smallest absolute Gasteiger partial charge is 0.0562 e. The molecule has 4 rings (SSSR count). The van der Waals surface area contributed by atoms with Crippen LogP contribution in [0.1, 0.15) is 31.2 Å². The second-order valence-corrected chi connectivity index (χ2v) is 4.29. The fourth-order valence-corrected chi connectivity index (χ4v) is 2.42. The van der Waals surface area contributed by atoms with E-state index in [4.69, 9.17) is 0 Å².